The first-order valence-corrected chi connectivity index (χ1v) is 10.2. The summed E-state index contributed by atoms with van der Waals surface area (Å²) < 4.78 is 13.1. The van der Waals surface area contributed by atoms with E-state index < -0.39 is 0 Å². The molecule has 0 amide bonds. The van der Waals surface area contributed by atoms with Gasteiger partial charge in [-0.05, 0) is 55.5 Å². The van der Waals surface area contributed by atoms with Gasteiger partial charge in [-0.2, -0.15) is 0 Å². The Bertz CT molecular complexity index is 1290. The van der Waals surface area contributed by atoms with Gasteiger partial charge in [0, 0.05) is 24.9 Å². The second kappa shape index (κ2) is 7.50. The van der Waals surface area contributed by atoms with E-state index in [1.807, 2.05) is 49.4 Å². The van der Waals surface area contributed by atoms with Crippen LogP contribution in [0.3, 0.4) is 0 Å². The van der Waals surface area contributed by atoms with Gasteiger partial charge in [0.05, 0.1) is 24.3 Å². The molecule has 4 heterocycles. The standard InChI is InChI=1S/C23H24N4O3/c1-14-5-3-7-20-26-21(22(27(14)20)24-13-17-6-4-10-30-17)18-11-15-8-9-16(29-2)12-19(15)25-23(18)28/h3,5,7-9,11-12,17,24H,4,6,10,13H2,1-2H3,(H,25,28)/t17-/m1/s1. The lowest BCUT2D eigenvalue weighted by molar-refractivity contribution is 0.120. The number of benzene rings is 1. The van der Waals surface area contributed by atoms with Gasteiger partial charge in [0.2, 0.25) is 0 Å². The average molecular weight is 404 g/mol. The summed E-state index contributed by atoms with van der Waals surface area (Å²) in [6.45, 7) is 3.52. The smallest absolute Gasteiger partial charge is 0.258 e. The van der Waals surface area contributed by atoms with Gasteiger partial charge in [-0.1, -0.05) is 6.07 Å². The number of pyridine rings is 2. The predicted molar refractivity (Wildman–Crippen MR) is 118 cm³/mol. The van der Waals surface area contributed by atoms with Crippen LogP contribution in [0.15, 0.2) is 47.3 Å². The Morgan fingerprint density at radius 1 is 1.30 bits per heavy atom. The van der Waals surface area contributed by atoms with Crippen molar-refractivity contribution in [2.24, 2.45) is 0 Å². The van der Waals surface area contributed by atoms with Crippen LogP contribution in [0.2, 0.25) is 0 Å². The summed E-state index contributed by atoms with van der Waals surface area (Å²) in [5.74, 6) is 1.52. The van der Waals surface area contributed by atoms with Gasteiger partial charge in [-0.25, -0.2) is 4.98 Å². The largest absolute Gasteiger partial charge is 0.497 e. The molecule has 154 valence electrons. The molecule has 1 aromatic carbocycles. The number of anilines is 1. The number of imidazole rings is 1. The molecule has 0 saturated carbocycles. The minimum Gasteiger partial charge on any atom is -0.497 e. The Balaban J connectivity index is 1.66. The first-order chi connectivity index (χ1) is 14.6. The maximum atomic E-state index is 13.0. The molecule has 1 fully saturated rings. The zero-order valence-electron chi connectivity index (χ0n) is 17.1. The lowest BCUT2D eigenvalue weighted by atomic mass is 10.1. The molecule has 4 aromatic rings. The number of ether oxygens (including phenoxy) is 2. The number of methoxy groups -OCH3 is 1. The third-order valence-corrected chi connectivity index (χ3v) is 5.67. The van der Waals surface area contributed by atoms with Gasteiger partial charge in [-0.15, -0.1) is 0 Å². The number of aromatic nitrogens is 3. The molecule has 0 unspecified atom stereocenters. The van der Waals surface area contributed by atoms with E-state index >= 15 is 0 Å². The van der Waals surface area contributed by atoms with Gasteiger partial charge in [0.25, 0.3) is 5.56 Å². The lowest BCUT2D eigenvalue weighted by Gasteiger charge is -2.14. The Kier molecular flexibility index (Phi) is 4.67. The van der Waals surface area contributed by atoms with Gasteiger partial charge in [0.15, 0.2) is 0 Å². The van der Waals surface area contributed by atoms with E-state index in [0.29, 0.717) is 23.6 Å². The molecule has 7 heteroatoms. The maximum absolute atomic E-state index is 13.0. The molecule has 1 aliphatic rings. The molecule has 2 N–H and O–H groups in total. The number of aromatic amines is 1. The molecule has 0 spiro atoms. The molecule has 3 aromatic heterocycles. The van der Waals surface area contributed by atoms with E-state index in [9.17, 15) is 4.79 Å². The summed E-state index contributed by atoms with van der Waals surface area (Å²) in [6.07, 6.45) is 2.30. The maximum Gasteiger partial charge on any atom is 0.258 e. The molecule has 7 nitrogen and oxygen atoms in total. The van der Waals surface area contributed by atoms with Crippen molar-refractivity contribution in [2.45, 2.75) is 25.9 Å². The second-order valence-electron chi connectivity index (χ2n) is 7.65. The summed E-state index contributed by atoms with van der Waals surface area (Å²) in [6, 6.07) is 13.5. The van der Waals surface area contributed by atoms with Crippen LogP contribution in [0.25, 0.3) is 27.8 Å². The predicted octanol–water partition coefficient (Wildman–Crippen LogP) is 3.75. The number of nitrogens with zero attached hydrogens (tertiary/aromatic N) is 2. The van der Waals surface area contributed by atoms with Gasteiger partial charge >= 0.3 is 0 Å². The van der Waals surface area contributed by atoms with E-state index in [2.05, 4.69) is 14.7 Å². The molecule has 1 atom stereocenters. The fourth-order valence-corrected chi connectivity index (χ4v) is 4.10. The third-order valence-electron chi connectivity index (χ3n) is 5.67. The minimum absolute atomic E-state index is 0.176. The monoisotopic (exact) mass is 404 g/mol. The van der Waals surface area contributed by atoms with E-state index in [1.165, 1.54) is 0 Å². The minimum atomic E-state index is -0.183. The van der Waals surface area contributed by atoms with Crippen molar-refractivity contribution in [2.75, 3.05) is 25.6 Å². The van der Waals surface area contributed by atoms with Crippen molar-refractivity contribution in [3.8, 4) is 17.0 Å². The quantitative estimate of drug-likeness (QED) is 0.530. The van der Waals surface area contributed by atoms with Crippen molar-refractivity contribution in [3.05, 3.63) is 58.5 Å². The topological polar surface area (TPSA) is 80.7 Å². The number of nitrogens with one attached hydrogen (secondary N) is 2. The number of fused-ring (bicyclic) bond motifs is 2. The summed E-state index contributed by atoms with van der Waals surface area (Å²) in [5, 5.41) is 4.43. The number of hydrogen-bond acceptors (Lipinski definition) is 5. The zero-order valence-corrected chi connectivity index (χ0v) is 17.1. The van der Waals surface area contributed by atoms with E-state index in [-0.39, 0.29) is 11.7 Å². The number of hydrogen-bond donors (Lipinski definition) is 2. The molecule has 0 radical (unpaired) electrons. The SMILES string of the molecule is COc1ccc2cc(-c3nc4cccc(C)n4c3NC[C@H]3CCCO3)c(=O)[nH]c2c1. The highest BCUT2D eigenvalue weighted by atomic mass is 16.5. The van der Waals surface area contributed by atoms with Crippen LogP contribution < -0.4 is 15.6 Å². The number of aryl methyl sites for hydroxylation is 1. The van der Waals surface area contributed by atoms with Crippen LogP contribution in [0.4, 0.5) is 5.82 Å². The van der Waals surface area contributed by atoms with Crippen LogP contribution in [0.1, 0.15) is 18.5 Å². The van der Waals surface area contributed by atoms with E-state index in [1.54, 1.807) is 7.11 Å². The molecule has 5 rings (SSSR count). The highest BCUT2D eigenvalue weighted by Crippen LogP contribution is 2.30. The molecule has 30 heavy (non-hydrogen) atoms. The first-order valence-electron chi connectivity index (χ1n) is 10.2. The van der Waals surface area contributed by atoms with Crippen LogP contribution in [0.5, 0.6) is 5.75 Å². The number of rotatable bonds is 5. The molecular weight excluding hydrogens is 380 g/mol. The van der Waals surface area contributed by atoms with Gasteiger partial charge in [0.1, 0.15) is 22.9 Å². The summed E-state index contributed by atoms with van der Waals surface area (Å²) in [5.41, 5.74) is 3.57. The zero-order chi connectivity index (χ0) is 20.7. The Hall–Kier alpha value is -3.32. The van der Waals surface area contributed by atoms with Crippen molar-refractivity contribution < 1.29 is 9.47 Å². The third kappa shape index (κ3) is 3.21. The van der Waals surface area contributed by atoms with Crippen molar-refractivity contribution in [1.29, 1.82) is 0 Å². The van der Waals surface area contributed by atoms with Crippen LogP contribution in [-0.2, 0) is 4.74 Å². The second-order valence-corrected chi connectivity index (χ2v) is 7.65. The van der Waals surface area contributed by atoms with E-state index in [4.69, 9.17) is 14.5 Å². The normalized spacial score (nSPS) is 16.4. The highest BCUT2D eigenvalue weighted by Gasteiger charge is 2.21. The van der Waals surface area contributed by atoms with E-state index in [0.717, 1.165) is 47.5 Å². The first kappa shape index (κ1) is 18.7. The molecule has 0 bridgehead atoms. The lowest BCUT2D eigenvalue weighted by Crippen LogP contribution is -2.20. The van der Waals surface area contributed by atoms with Gasteiger partial charge < -0.3 is 19.8 Å². The Labute approximate surface area is 173 Å². The average Bonchev–Trinajstić information content (AvgIpc) is 3.39. The molecule has 1 saturated heterocycles. The summed E-state index contributed by atoms with van der Waals surface area (Å²) >= 11 is 0. The highest BCUT2D eigenvalue weighted by molar-refractivity contribution is 5.87. The van der Waals surface area contributed by atoms with Crippen molar-refractivity contribution in [3.63, 3.8) is 0 Å². The van der Waals surface area contributed by atoms with Crippen molar-refractivity contribution in [1.82, 2.24) is 14.4 Å². The van der Waals surface area contributed by atoms with Gasteiger partial charge in [-0.3, -0.25) is 9.20 Å². The van der Waals surface area contributed by atoms with Crippen LogP contribution in [0, 0.1) is 6.92 Å². The Morgan fingerprint density at radius 3 is 3.00 bits per heavy atom. The van der Waals surface area contributed by atoms with Crippen LogP contribution in [-0.4, -0.2) is 40.7 Å². The van der Waals surface area contributed by atoms with Crippen LogP contribution >= 0.6 is 0 Å². The molecule has 0 aliphatic carbocycles. The molecule has 1 aliphatic heterocycles. The number of H-pyrrole nitrogens is 1. The summed E-state index contributed by atoms with van der Waals surface area (Å²) in [7, 11) is 1.61. The summed E-state index contributed by atoms with van der Waals surface area (Å²) in [4.78, 5) is 20.8. The molecular formula is C23H24N4O3. The Morgan fingerprint density at radius 2 is 2.20 bits per heavy atom. The fraction of sp³-hybridized carbons (Fsp3) is 0.304. The fourth-order valence-electron chi connectivity index (χ4n) is 4.10. The van der Waals surface area contributed by atoms with Crippen molar-refractivity contribution >= 4 is 22.4 Å².